The Morgan fingerprint density at radius 3 is 2.37 bits per heavy atom. The molecule has 1 aromatic rings. The molecule has 1 aromatic carbocycles. The third-order valence-electron chi connectivity index (χ3n) is 2.56. The van der Waals surface area contributed by atoms with Gasteiger partial charge in [-0.25, -0.2) is 0 Å². The van der Waals surface area contributed by atoms with Crippen molar-refractivity contribution in [3.63, 3.8) is 0 Å². The quantitative estimate of drug-likeness (QED) is 0.678. The predicted octanol–water partition coefficient (Wildman–Crippen LogP) is 2.77. The number of nitrogens with one attached hydrogen (secondary N) is 2. The van der Waals surface area contributed by atoms with E-state index < -0.39 is 6.61 Å². The molecular weight excluding hydrogens is 250 g/mol. The highest BCUT2D eigenvalue weighted by molar-refractivity contribution is 5.27. The fourth-order valence-electron chi connectivity index (χ4n) is 1.63. The third kappa shape index (κ3) is 7.74. The van der Waals surface area contributed by atoms with Crippen molar-refractivity contribution in [3.8, 4) is 5.75 Å². The highest BCUT2D eigenvalue weighted by Gasteiger charge is 2.03. The zero-order chi connectivity index (χ0) is 14.1. The molecule has 108 valence electrons. The van der Waals surface area contributed by atoms with Gasteiger partial charge in [-0.05, 0) is 37.2 Å². The molecule has 19 heavy (non-hydrogen) atoms. The maximum absolute atomic E-state index is 12.0. The van der Waals surface area contributed by atoms with E-state index >= 15 is 0 Å². The zero-order valence-electron chi connectivity index (χ0n) is 11.5. The highest BCUT2D eigenvalue weighted by Crippen LogP contribution is 2.14. The van der Waals surface area contributed by atoms with Crippen LogP contribution in [0.5, 0.6) is 5.75 Å². The summed E-state index contributed by atoms with van der Waals surface area (Å²) in [5.41, 5.74) is 1.05. The van der Waals surface area contributed by atoms with Crippen molar-refractivity contribution < 1.29 is 13.5 Å². The van der Waals surface area contributed by atoms with Crippen LogP contribution in [-0.4, -0.2) is 25.7 Å². The number of benzene rings is 1. The average Bonchev–Trinajstić information content (AvgIpc) is 2.34. The molecule has 2 N–H and O–H groups in total. The first kappa shape index (κ1) is 15.9. The number of rotatable bonds is 9. The van der Waals surface area contributed by atoms with Crippen molar-refractivity contribution in [1.29, 1.82) is 0 Å². The van der Waals surface area contributed by atoms with Crippen LogP contribution in [0.4, 0.5) is 8.78 Å². The van der Waals surface area contributed by atoms with Crippen molar-refractivity contribution >= 4 is 0 Å². The van der Waals surface area contributed by atoms with Crippen LogP contribution in [0.15, 0.2) is 24.3 Å². The van der Waals surface area contributed by atoms with Gasteiger partial charge in [0.2, 0.25) is 0 Å². The van der Waals surface area contributed by atoms with Crippen molar-refractivity contribution in [2.45, 2.75) is 39.5 Å². The molecule has 0 unspecified atom stereocenters. The Morgan fingerprint density at radius 1 is 1.11 bits per heavy atom. The standard InChI is InChI=1S/C14H22F2N2O/c1-11(2)18-9-3-8-17-10-12-4-6-13(7-5-12)19-14(15)16/h4-7,11,14,17-18H,3,8-10H2,1-2H3. The average molecular weight is 272 g/mol. The van der Waals surface area contributed by atoms with Gasteiger partial charge in [-0.1, -0.05) is 26.0 Å². The second kappa shape index (κ2) is 8.82. The fourth-order valence-corrected chi connectivity index (χ4v) is 1.63. The Hall–Kier alpha value is -1.20. The Labute approximate surface area is 113 Å². The number of hydrogen-bond donors (Lipinski definition) is 2. The molecule has 0 amide bonds. The fraction of sp³-hybridized carbons (Fsp3) is 0.571. The second-order valence-electron chi connectivity index (χ2n) is 4.66. The molecule has 0 aliphatic rings. The van der Waals surface area contributed by atoms with E-state index in [0.717, 1.165) is 31.6 Å². The number of halogens is 2. The van der Waals surface area contributed by atoms with Gasteiger partial charge >= 0.3 is 6.61 Å². The summed E-state index contributed by atoms with van der Waals surface area (Å²) >= 11 is 0. The lowest BCUT2D eigenvalue weighted by atomic mass is 10.2. The van der Waals surface area contributed by atoms with Gasteiger partial charge in [-0.15, -0.1) is 0 Å². The molecule has 3 nitrogen and oxygen atoms in total. The van der Waals surface area contributed by atoms with Crippen molar-refractivity contribution in [3.05, 3.63) is 29.8 Å². The van der Waals surface area contributed by atoms with Crippen LogP contribution in [-0.2, 0) is 6.54 Å². The molecule has 0 bridgehead atoms. The number of hydrogen-bond acceptors (Lipinski definition) is 3. The van der Waals surface area contributed by atoms with E-state index in [4.69, 9.17) is 0 Å². The van der Waals surface area contributed by atoms with Crippen LogP contribution in [0.25, 0.3) is 0 Å². The van der Waals surface area contributed by atoms with E-state index in [9.17, 15) is 8.78 Å². The van der Waals surface area contributed by atoms with Gasteiger partial charge < -0.3 is 15.4 Å². The summed E-state index contributed by atoms with van der Waals surface area (Å²) in [5.74, 6) is 0.194. The zero-order valence-corrected chi connectivity index (χ0v) is 11.5. The lowest BCUT2D eigenvalue weighted by Gasteiger charge is -2.09. The minimum Gasteiger partial charge on any atom is -0.435 e. The maximum Gasteiger partial charge on any atom is 0.387 e. The summed E-state index contributed by atoms with van der Waals surface area (Å²) in [6.07, 6.45) is 1.06. The van der Waals surface area contributed by atoms with Gasteiger partial charge in [-0.2, -0.15) is 8.78 Å². The van der Waals surface area contributed by atoms with Crippen LogP contribution >= 0.6 is 0 Å². The molecule has 1 rings (SSSR count). The lowest BCUT2D eigenvalue weighted by Crippen LogP contribution is -2.26. The van der Waals surface area contributed by atoms with Gasteiger partial charge in [0.15, 0.2) is 0 Å². The van der Waals surface area contributed by atoms with E-state index in [1.54, 1.807) is 24.3 Å². The normalized spacial score (nSPS) is 11.3. The summed E-state index contributed by atoms with van der Waals surface area (Å²) in [6, 6.07) is 7.21. The van der Waals surface area contributed by atoms with Gasteiger partial charge in [0, 0.05) is 12.6 Å². The van der Waals surface area contributed by atoms with E-state index in [2.05, 4.69) is 29.2 Å². The van der Waals surface area contributed by atoms with Gasteiger partial charge in [0.25, 0.3) is 0 Å². The van der Waals surface area contributed by atoms with Gasteiger partial charge in [0.05, 0.1) is 0 Å². The topological polar surface area (TPSA) is 33.3 Å². The summed E-state index contributed by atoms with van der Waals surface area (Å²) < 4.78 is 28.2. The Kier molecular flexibility index (Phi) is 7.36. The Balaban J connectivity index is 2.16. The Bertz CT molecular complexity index is 342. The molecule has 0 spiro atoms. The molecule has 0 radical (unpaired) electrons. The van der Waals surface area contributed by atoms with Crippen LogP contribution in [0.1, 0.15) is 25.8 Å². The van der Waals surface area contributed by atoms with Crippen molar-refractivity contribution in [2.75, 3.05) is 13.1 Å². The summed E-state index contributed by atoms with van der Waals surface area (Å²) in [6.45, 7) is 4.13. The third-order valence-corrected chi connectivity index (χ3v) is 2.56. The highest BCUT2D eigenvalue weighted by atomic mass is 19.3. The molecule has 0 saturated carbocycles. The molecule has 0 saturated heterocycles. The minimum atomic E-state index is -2.77. The Morgan fingerprint density at radius 2 is 1.79 bits per heavy atom. The predicted molar refractivity (Wildman–Crippen MR) is 72.5 cm³/mol. The smallest absolute Gasteiger partial charge is 0.387 e. The van der Waals surface area contributed by atoms with Gasteiger partial charge in [-0.3, -0.25) is 0 Å². The van der Waals surface area contributed by atoms with E-state index in [1.807, 2.05) is 0 Å². The van der Waals surface area contributed by atoms with Crippen LogP contribution in [0.2, 0.25) is 0 Å². The number of alkyl halides is 2. The van der Waals surface area contributed by atoms with Crippen LogP contribution in [0.3, 0.4) is 0 Å². The van der Waals surface area contributed by atoms with Crippen molar-refractivity contribution in [1.82, 2.24) is 10.6 Å². The van der Waals surface area contributed by atoms with Crippen LogP contribution in [0, 0.1) is 0 Å². The van der Waals surface area contributed by atoms with E-state index in [1.165, 1.54) is 0 Å². The first-order valence-corrected chi connectivity index (χ1v) is 6.56. The maximum atomic E-state index is 12.0. The largest absolute Gasteiger partial charge is 0.435 e. The minimum absolute atomic E-state index is 0.194. The molecule has 0 aliphatic carbocycles. The first-order valence-electron chi connectivity index (χ1n) is 6.56. The molecule has 0 aliphatic heterocycles. The summed E-state index contributed by atoms with van der Waals surface area (Å²) in [7, 11) is 0. The van der Waals surface area contributed by atoms with E-state index in [0.29, 0.717) is 6.04 Å². The SMILES string of the molecule is CC(C)NCCCNCc1ccc(OC(F)F)cc1. The molecule has 0 fully saturated rings. The summed E-state index contributed by atoms with van der Waals surface area (Å²) in [5, 5.41) is 6.65. The summed E-state index contributed by atoms with van der Waals surface area (Å²) in [4.78, 5) is 0. The van der Waals surface area contributed by atoms with E-state index in [-0.39, 0.29) is 5.75 Å². The molecule has 5 heteroatoms. The van der Waals surface area contributed by atoms with Crippen LogP contribution < -0.4 is 15.4 Å². The lowest BCUT2D eigenvalue weighted by molar-refractivity contribution is -0.0498. The van der Waals surface area contributed by atoms with Crippen molar-refractivity contribution in [2.24, 2.45) is 0 Å². The molecular formula is C14H22F2N2O. The second-order valence-corrected chi connectivity index (χ2v) is 4.66. The van der Waals surface area contributed by atoms with Gasteiger partial charge in [0.1, 0.15) is 5.75 Å². The number of ether oxygens (including phenoxy) is 1. The molecule has 0 atom stereocenters. The molecule has 0 heterocycles. The first-order chi connectivity index (χ1) is 9.08. The monoisotopic (exact) mass is 272 g/mol. The molecule has 0 aromatic heterocycles.